The van der Waals surface area contributed by atoms with E-state index in [2.05, 4.69) is 10.6 Å². The van der Waals surface area contributed by atoms with Crippen LogP contribution in [0.25, 0.3) is 5.76 Å². The molecule has 38 heavy (non-hydrogen) atoms. The highest BCUT2D eigenvalue weighted by atomic mass is 16.3. The molecular formula is C27H34N4O7. The number of nitrogens with zero attached hydrogens (tertiary/aromatic N) is 1. The number of nitrogens with one attached hydrogen (secondary N) is 2. The summed E-state index contributed by atoms with van der Waals surface area (Å²) in [4.78, 5) is 40.6. The van der Waals surface area contributed by atoms with Gasteiger partial charge in [-0.2, -0.15) is 0 Å². The highest BCUT2D eigenvalue weighted by Crippen LogP contribution is 2.52. The van der Waals surface area contributed by atoms with E-state index in [-0.39, 0.29) is 29.7 Å². The fraction of sp³-hybridized carbons (Fsp3) is 0.519. The van der Waals surface area contributed by atoms with E-state index in [9.17, 15) is 34.8 Å². The summed E-state index contributed by atoms with van der Waals surface area (Å²) < 4.78 is 0. The molecule has 4 atom stereocenters. The lowest BCUT2D eigenvalue weighted by molar-refractivity contribution is -0.153. The first kappa shape index (κ1) is 26.4. The Balaban J connectivity index is 1.60. The largest absolute Gasteiger partial charge is 0.508 e. The Hall–Kier alpha value is -3.25. The molecule has 4 aliphatic rings. The van der Waals surface area contributed by atoms with Crippen molar-refractivity contribution in [1.82, 2.24) is 15.5 Å². The number of carbonyl (C=O) groups excluding carboxylic acids is 3. The van der Waals surface area contributed by atoms with E-state index in [1.165, 1.54) is 11.0 Å². The molecule has 11 nitrogen and oxygen atoms in total. The van der Waals surface area contributed by atoms with Crippen molar-refractivity contribution in [3.63, 3.8) is 0 Å². The molecule has 1 aromatic carbocycles. The molecule has 2 fully saturated rings. The van der Waals surface area contributed by atoms with Crippen LogP contribution < -0.4 is 16.4 Å². The lowest BCUT2D eigenvalue weighted by atomic mass is 9.57. The second-order valence-corrected chi connectivity index (χ2v) is 11.0. The Kier molecular flexibility index (Phi) is 6.59. The van der Waals surface area contributed by atoms with Crippen LogP contribution in [0.1, 0.15) is 36.0 Å². The number of likely N-dealkylation sites (N-methyl/N-ethyl adjacent to an activating group) is 1. The maximum atomic E-state index is 13.9. The van der Waals surface area contributed by atoms with E-state index in [4.69, 9.17) is 5.73 Å². The molecule has 11 heteroatoms. The number of hydrogen-bond acceptors (Lipinski definition) is 10. The van der Waals surface area contributed by atoms with Crippen LogP contribution >= 0.6 is 0 Å². The Morgan fingerprint density at radius 1 is 1.18 bits per heavy atom. The van der Waals surface area contributed by atoms with Crippen molar-refractivity contribution in [2.24, 2.45) is 17.6 Å². The summed E-state index contributed by atoms with van der Waals surface area (Å²) in [5.41, 5.74) is 3.44. The fourth-order valence-electron chi connectivity index (χ4n) is 6.75. The maximum Gasteiger partial charge on any atom is 0.255 e. The molecule has 1 saturated carbocycles. The van der Waals surface area contributed by atoms with E-state index in [0.717, 1.165) is 31.5 Å². The molecule has 0 aromatic heterocycles. The third-order valence-corrected chi connectivity index (χ3v) is 8.62. The van der Waals surface area contributed by atoms with Crippen LogP contribution in [0.15, 0.2) is 29.0 Å². The van der Waals surface area contributed by atoms with Gasteiger partial charge < -0.3 is 36.8 Å². The van der Waals surface area contributed by atoms with E-state index < -0.39 is 58.0 Å². The predicted octanol–water partition coefficient (Wildman–Crippen LogP) is -0.194. The maximum absolute atomic E-state index is 13.9. The zero-order chi connectivity index (χ0) is 27.5. The molecule has 5 rings (SSSR count). The lowest BCUT2D eigenvalue weighted by Gasteiger charge is -2.50. The zero-order valence-electron chi connectivity index (χ0n) is 21.5. The number of ketones is 2. The van der Waals surface area contributed by atoms with Crippen LogP contribution in [0.4, 0.5) is 0 Å². The predicted molar refractivity (Wildman–Crippen MR) is 137 cm³/mol. The molecule has 0 spiro atoms. The van der Waals surface area contributed by atoms with E-state index in [0.29, 0.717) is 18.2 Å². The SMILES string of the molecule is CN(C)[C@H]1C(=O)C(C(N)=O)=C(O)[C@]2(O)C(=O)C3=C(O)c4c(O)ccc(CNC5CCNCC5)c4C[C@@H]3C[C@H]12. The number of nitrogens with two attached hydrogens (primary N) is 1. The van der Waals surface area contributed by atoms with Gasteiger partial charge in [-0.15, -0.1) is 0 Å². The van der Waals surface area contributed by atoms with Crippen LogP contribution in [0, 0.1) is 11.8 Å². The Morgan fingerprint density at radius 2 is 1.87 bits per heavy atom. The van der Waals surface area contributed by atoms with Crippen molar-refractivity contribution >= 4 is 23.2 Å². The highest BCUT2D eigenvalue weighted by Gasteiger charge is 2.64. The molecule has 1 saturated heterocycles. The number of aliphatic hydroxyl groups is 3. The summed E-state index contributed by atoms with van der Waals surface area (Å²) in [6.07, 6.45) is 2.32. The molecule has 8 N–H and O–H groups in total. The second-order valence-electron chi connectivity index (χ2n) is 11.0. The van der Waals surface area contributed by atoms with Gasteiger partial charge in [-0.1, -0.05) is 6.07 Å². The molecule has 3 aliphatic carbocycles. The minimum Gasteiger partial charge on any atom is -0.508 e. The quantitative estimate of drug-likeness (QED) is 0.254. The van der Waals surface area contributed by atoms with Crippen LogP contribution in [0.3, 0.4) is 0 Å². The molecule has 1 aromatic rings. The number of primary amides is 1. The topological polar surface area (TPSA) is 185 Å². The number of Topliss-reactive ketones (excluding diaryl/α,β-unsaturated/α-hetero) is 2. The smallest absolute Gasteiger partial charge is 0.255 e. The molecule has 204 valence electrons. The normalized spacial score (nSPS) is 29.8. The Morgan fingerprint density at radius 3 is 2.50 bits per heavy atom. The van der Waals surface area contributed by atoms with Crippen LogP contribution in [0.2, 0.25) is 0 Å². The molecule has 0 radical (unpaired) electrons. The van der Waals surface area contributed by atoms with Crippen molar-refractivity contribution in [3.05, 3.63) is 45.7 Å². The first-order valence-electron chi connectivity index (χ1n) is 12.9. The summed E-state index contributed by atoms with van der Waals surface area (Å²) in [5, 5.41) is 51.5. The second kappa shape index (κ2) is 9.49. The average Bonchev–Trinajstić information content (AvgIpc) is 2.86. The van der Waals surface area contributed by atoms with Crippen LogP contribution in [0.5, 0.6) is 5.75 Å². The number of aromatic hydroxyl groups is 1. The number of hydrogen-bond donors (Lipinski definition) is 7. The summed E-state index contributed by atoms with van der Waals surface area (Å²) in [6.45, 7) is 2.36. The first-order chi connectivity index (χ1) is 18.0. The number of fused-ring (bicyclic) bond motifs is 3. The summed E-state index contributed by atoms with van der Waals surface area (Å²) in [7, 11) is 3.16. The minimum absolute atomic E-state index is 0.0720. The summed E-state index contributed by atoms with van der Waals surface area (Å²) in [6, 6.07) is 2.49. The van der Waals surface area contributed by atoms with Crippen molar-refractivity contribution in [1.29, 1.82) is 0 Å². The number of benzene rings is 1. The Labute approximate surface area is 220 Å². The minimum atomic E-state index is -2.63. The van der Waals surface area contributed by atoms with Gasteiger partial charge in [-0.25, -0.2) is 0 Å². The van der Waals surface area contributed by atoms with E-state index >= 15 is 0 Å². The van der Waals surface area contributed by atoms with Crippen LogP contribution in [-0.4, -0.2) is 87.7 Å². The van der Waals surface area contributed by atoms with Gasteiger partial charge in [-0.3, -0.25) is 19.3 Å². The molecule has 0 bridgehead atoms. The van der Waals surface area contributed by atoms with Gasteiger partial charge in [0.1, 0.15) is 22.8 Å². The molecule has 0 unspecified atom stereocenters. The molecular weight excluding hydrogens is 492 g/mol. The van der Waals surface area contributed by atoms with Gasteiger partial charge in [0.15, 0.2) is 11.4 Å². The fourth-order valence-corrected chi connectivity index (χ4v) is 6.75. The number of aliphatic hydroxyl groups excluding tert-OH is 2. The van der Waals surface area contributed by atoms with Gasteiger partial charge in [0.25, 0.3) is 5.91 Å². The van der Waals surface area contributed by atoms with Crippen molar-refractivity contribution in [2.75, 3.05) is 27.2 Å². The van der Waals surface area contributed by atoms with Crippen molar-refractivity contribution in [3.8, 4) is 5.75 Å². The highest BCUT2D eigenvalue weighted by molar-refractivity contribution is 6.24. The summed E-state index contributed by atoms with van der Waals surface area (Å²) >= 11 is 0. The Bertz CT molecular complexity index is 1280. The summed E-state index contributed by atoms with van der Waals surface area (Å²) in [5.74, 6) is -6.46. The third kappa shape index (κ3) is 3.84. The molecule has 1 amide bonds. The van der Waals surface area contributed by atoms with Gasteiger partial charge in [0, 0.05) is 24.1 Å². The number of rotatable bonds is 5. The standard InChI is InChI=1S/C27H34N4O7/c1-31(2)21-16-10-13-9-15-12(11-30-14-5-7-29-8-6-14)3-4-17(32)19(15)22(33)18(13)24(35)27(16,38)25(36)20(23(21)34)26(28)37/h3-4,13-14,16,21,29-30,32-33,36,38H,5-11H2,1-2H3,(H2,28,37)/t13-,16-,21-,27-/m1/s1. The van der Waals surface area contributed by atoms with Gasteiger partial charge in [-0.05, 0) is 76.0 Å². The van der Waals surface area contributed by atoms with E-state index in [1.807, 2.05) is 0 Å². The number of amides is 1. The number of carbonyl (C=O) groups is 3. The van der Waals surface area contributed by atoms with Gasteiger partial charge >= 0.3 is 0 Å². The van der Waals surface area contributed by atoms with Gasteiger partial charge in [0.2, 0.25) is 5.78 Å². The number of piperidine rings is 1. The third-order valence-electron chi connectivity index (χ3n) is 8.62. The molecule has 1 heterocycles. The molecule has 1 aliphatic heterocycles. The monoisotopic (exact) mass is 526 g/mol. The number of phenolic OH excluding ortho intramolecular Hbond substituents is 1. The lowest BCUT2D eigenvalue weighted by Crippen LogP contribution is -2.65. The number of phenols is 1. The average molecular weight is 527 g/mol. The van der Waals surface area contributed by atoms with E-state index in [1.54, 1.807) is 20.2 Å². The van der Waals surface area contributed by atoms with Crippen molar-refractivity contribution < 1.29 is 34.8 Å². The first-order valence-corrected chi connectivity index (χ1v) is 12.9. The van der Waals surface area contributed by atoms with Gasteiger partial charge in [0.05, 0.1) is 11.6 Å². The zero-order valence-corrected chi connectivity index (χ0v) is 21.5. The van der Waals surface area contributed by atoms with Crippen LogP contribution in [-0.2, 0) is 27.3 Å². The van der Waals surface area contributed by atoms with Crippen molar-refractivity contribution in [2.45, 2.75) is 49.9 Å².